The maximum Gasteiger partial charge on any atom is 0.279 e. The molecule has 0 radical (unpaired) electrons. The lowest BCUT2D eigenvalue weighted by Crippen LogP contribution is -3.11. The van der Waals surface area contributed by atoms with E-state index in [4.69, 9.17) is 0 Å². The smallest absolute Gasteiger partial charge is 0.279 e. The highest BCUT2D eigenvalue weighted by Gasteiger charge is 2.14. The first-order chi connectivity index (χ1) is 11.9. The van der Waals surface area contributed by atoms with E-state index in [0.717, 1.165) is 24.3 Å². The largest absolute Gasteiger partial charge is 0.378 e. The van der Waals surface area contributed by atoms with Gasteiger partial charge in [0.25, 0.3) is 5.91 Å². The number of benzene rings is 2. The van der Waals surface area contributed by atoms with E-state index in [-0.39, 0.29) is 5.91 Å². The van der Waals surface area contributed by atoms with Gasteiger partial charge in [-0.1, -0.05) is 24.3 Å². The second-order valence-electron chi connectivity index (χ2n) is 6.81. The van der Waals surface area contributed by atoms with E-state index < -0.39 is 0 Å². The van der Waals surface area contributed by atoms with E-state index in [1.54, 1.807) is 0 Å². The molecule has 0 saturated carbocycles. The first-order valence-electron chi connectivity index (χ1n) is 8.86. The van der Waals surface area contributed by atoms with Crippen molar-refractivity contribution in [2.75, 3.05) is 37.4 Å². The van der Waals surface area contributed by atoms with Crippen LogP contribution in [0.4, 0.5) is 11.4 Å². The Bertz CT molecular complexity index is 708. The van der Waals surface area contributed by atoms with Crippen molar-refractivity contribution in [3.05, 3.63) is 59.2 Å². The first-order valence-corrected chi connectivity index (χ1v) is 8.86. The van der Waals surface area contributed by atoms with Crippen molar-refractivity contribution in [3.63, 3.8) is 0 Å². The number of nitrogens with zero attached hydrogens (tertiary/aromatic N) is 1. The van der Waals surface area contributed by atoms with Gasteiger partial charge in [-0.05, 0) is 50.1 Å². The number of carbonyl (C=O) groups excluding carboxylic acids is 1. The fourth-order valence-corrected chi connectivity index (χ4v) is 2.82. The Morgan fingerprint density at radius 3 is 2.36 bits per heavy atom. The van der Waals surface area contributed by atoms with Crippen LogP contribution in [-0.2, 0) is 11.3 Å². The zero-order valence-corrected chi connectivity index (χ0v) is 16.0. The fourth-order valence-electron chi connectivity index (χ4n) is 2.82. The van der Waals surface area contributed by atoms with Gasteiger partial charge in [0.1, 0.15) is 6.54 Å². The highest BCUT2D eigenvalue weighted by atomic mass is 16.2. The molecule has 0 aromatic heterocycles. The molecule has 2 aromatic rings. The lowest BCUT2D eigenvalue weighted by atomic mass is 10.1. The van der Waals surface area contributed by atoms with Crippen LogP contribution in [0.15, 0.2) is 42.5 Å². The molecule has 1 atom stereocenters. The van der Waals surface area contributed by atoms with E-state index >= 15 is 0 Å². The third-order valence-electron chi connectivity index (χ3n) is 4.70. The van der Waals surface area contributed by atoms with Gasteiger partial charge in [-0.3, -0.25) is 4.79 Å². The zero-order valence-electron chi connectivity index (χ0n) is 16.0. The van der Waals surface area contributed by atoms with Gasteiger partial charge in [-0.2, -0.15) is 0 Å². The van der Waals surface area contributed by atoms with E-state index in [0.29, 0.717) is 6.54 Å². The molecule has 1 amide bonds. The Labute approximate surface area is 151 Å². The van der Waals surface area contributed by atoms with Crippen molar-refractivity contribution in [2.45, 2.75) is 27.3 Å². The summed E-state index contributed by atoms with van der Waals surface area (Å²) in [6.45, 7) is 8.46. The minimum atomic E-state index is 0.0652. The SMILES string of the molecule is CC[NH+](CC(=O)Nc1cccc(C)c1C)Cc1ccc(N(C)C)cc1. The van der Waals surface area contributed by atoms with Crippen LogP contribution in [0.1, 0.15) is 23.6 Å². The molecule has 0 aliphatic carbocycles. The number of carbonyl (C=O) groups is 1. The maximum atomic E-state index is 12.4. The van der Waals surface area contributed by atoms with Crippen LogP contribution in [0.2, 0.25) is 0 Å². The Kier molecular flexibility index (Phi) is 6.59. The summed E-state index contributed by atoms with van der Waals surface area (Å²) in [7, 11) is 4.08. The Balaban J connectivity index is 1.96. The molecule has 0 spiro atoms. The third-order valence-corrected chi connectivity index (χ3v) is 4.70. The molecule has 2 rings (SSSR count). The molecule has 0 heterocycles. The second kappa shape index (κ2) is 8.67. The molecule has 4 nitrogen and oxygen atoms in total. The van der Waals surface area contributed by atoms with Gasteiger partial charge in [-0.25, -0.2) is 0 Å². The molecule has 1 unspecified atom stereocenters. The van der Waals surface area contributed by atoms with E-state index in [1.807, 2.05) is 33.2 Å². The quantitative estimate of drug-likeness (QED) is 0.812. The molecule has 134 valence electrons. The van der Waals surface area contributed by atoms with Crippen LogP contribution < -0.4 is 15.1 Å². The summed E-state index contributed by atoms with van der Waals surface area (Å²) in [5, 5.41) is 3.06. The Hall–Kier alpha value is -2.33. The average Bonchev–Trinajstić information content (AvgIpc) is 2.58. The molecular weight excluding hydrogens is 310 g/mol. The number of hydrogen-bond donors (Lipinski definition) is 2. The van der Waals surface area contributed by atoms with Crippen molar-refractivity contribution in [2.24, 2.45) is 0 Å². The Morgan fingerprint density at radius 2 is 1.76 bits per heavy atom. The molecule has 25 heavy (non-hydrogen) atoms. The molecule has 0 fully saturated rings. The second-order valence-corrected chi connectivity index (χ2v) is 6.81. The van der Waals surface area contributed by atoms with E-state index in [1.165, 1.54) is 21.7 Å². The first kappa shape index (κ1) is 19.0. The predicted octanol–water partition coefficient (Wildman–Crippen LogP) is 2.41. The van der Waals surface area contributed by atoms with Gasteiger partial charge in [0.2, 0.25) is 0 Å². The van der Waals surface area contributed by atoms with Crippen LogP contribution in [0.3, 0.4) is 0 Å². The maximum absolute atomic E-state index is 12.4. The lowest BCUT2D eigenvalue weighted by molar-refractivity contribution is -0.903. The van der Waals surface area contributed by atoms with Gasteiger partial charge < -0.3 is 15.1 Å². The van der Waals surface area contributed by atoms with Crippen LogP contribution in [0, 0.1) is 13.8 Å². The third kappa shape index (κ3) is 5.33. The number of quaternary nitrogens is 1. The van der Waals surface area contributed by atoms with E-state index in [9.17, 15) is 4.79 Å². The van der Waals surface area contributed by atoms with Crippen LogP contribution >= 0.6 is 0 Å². The van der Waals surface area contributed by atoms with Crippen LogP contribution in [0.5, 0.6) is 0 Å². The number of likely N-dealkylation sites (N-methyl/N-ethyl adjacent to an activating group) is 1. The van der Waals surface area contributed by atoms with Gasteiger partial charge in [0.05, 0.1) is 6.54 Å². The van der Waals surface area contributed by atoms with Crippen LogP contribution in [0.25, 0.3) is 0 Å². The van der Waals surface area contributed by atoms with Crippen LogP contribution in [-0.4, -0.2) is 33.1 Å². The minimum Gasteiger partial charge on any atom is -0.378 e. The number of hydrogen-bond acceptors (Lipinski definition) is 2. The summed E-state index contributed by atoms with van der Waals surface area (Å²) < 4.78 is 0. The molecule has 0 saturated heterocycles. The molecule has 2 aromatic carbocycles. The molecule has 0 aliphatic rings. The Morgan fingerprint density at radius 1 is 1.08 bits per heavy atom. The standard InChI is InChI=1S/C21H29N3O/c1-6-24(14-18-10-12-19(13-11-18)23(4)5)15-21(25)22-20-9-7-8-16(2)17(20)3/h7-13H,6,14-15H2,1-5H3,(H,22,25)/p+1. The molecule has 0 aliphatic heterocycles. The fraction of sp³-hybridized carbons (Fsp3) is 0.381. The zero-order chi connectivity index (χ0) is 18.4. The average molecular weight is 340 g/mol. The van der Waals surface area contributed by atoms with Gasteiger partial charge in [-0.15, -0.1) is 0 Å². The van der Waals surface area contributed by atoms with Crippen molar-refractivity contribution < 1.29 is 9.69 Å². The van der Waals surface area contributed by atoms with Crippen molar-refractivity contribution in [1.82, 2.24) is 0 Å². The summed E-state index contributed by atoms with van der Waals surface area (Å²) >= 11 is 0. The van der Waals surface area contributed by atoms with Gasteiger partial charge >= 0.3 is 0 Å². The monoisotopic (exact) mass is 340 g/mol. The van der Waals surface area contributed by atoms with Gasteiger partial charge in [0, 0.05) is 31.0 Å². The highest BCUT2D eigenvalue weighted by Crippen LogP contribution is 2.17. The number of aryl methyl sites for hydroxylation is 1. The van der Waals surface area contributed by atoms with Crippen molar-refractivity contribution in [1.29, 1.82) is 0 Å². The normalized spacial score (nSPS) is 11.9. The lowest BCUT2D eigenvalue weighted by Gasteiger charge is -2.19. The number of nitrogens with one attached hydrogen (secondary N) is 2. The summed E-state index contributed by atoms with van der Waals surface area (Å²) in [4.78, 5) is 15.8. The highest BCUT2D eigenvalue weighted by molar-refractivity contribution is 5.92. The number of anilines is 2. The van der Waals surface area contributed by atoms with Gasteiger partial charge in [0.15, 0.2) is 6.54 Å². The summed E-state index contributed by atoms with van der Waals surface area (Å²) in [6, 6.07) is 14.5. The minimum absolute atomic E-state index is 0.0652. The van der Waals surface area contributed by atoms with E-state index in [2.05, 4.69) is 54.4 Å². The summed E-state index contributed by atoms with van der Waals surface area (Å²) in [5.74, 6) is 0.0652. The molecule has 2 N–H and O–H groups in total. The summed E-state index contributed by atoms with van der Waals surface area (Å²) in [5.41, 5.74) is 5.68. The van der Waals surface area contributed by atoms with Crippen molar-refractivity contribution in [3.8, 4) is 0 Å². The van der Waals surface area contributed by atoms with Crippen molar-refractivity contribution >= 4 is 17.3 Å². The summed E-state index contributed by atoms with van der Waals surface area (Å²) in [6.07, 6.45) is 0. The molecule has 0 bridgehead atoms. The molecular formula is C21H30N3O+. The number of amides is 1. The predicted molar refractivity (Wildman–Crippen MR) is 105 cm³/mol. The molecule has 4 heteroatoms. The topological polar surface area (TPSA) is 36.8 Å². The number of rotatable bonds is 7.